The molecule has 152 valence electrons. The van der Waals surface area contributed by atoms with E-state index in [4.69, 9.17) is 4.74 Å². The summed E-state index contributed by atoms with van der Waals surface area (Å²) in [5.74, 6) is -0.727. The van der Waals surface area contributed by atoms with Gasteiger partial charge in [0.25, 0.3) is 11.8 Å². The minimum atomic E-state index is -0.428. The van der Waals surface area contributed by atoms with Crippen molar-refractivity contribution in [3.05, 3.63) is 65.2 Å². The Balaban J connectivity index is 1.71. The molecule has 1 aliphatic heterocycles. The number of amides is 2. The van der Waals surface area contributed by atoms with Crippen molar-refractivity contribution < 1.29 is 24.0 Å². The first-order chi connectivity index (χ1) is 14.0. The minimum Gasteiger partial charge on any atom is -0.465 e. The topological polar surface area (TPSA) is 88.9 Å². The van der Waals surface area contributed by atoms with Gasteiger partial charge < -0.3 is 20.3 Å². The molecule has 29 heavy (non-hydrogen) atoms. The number of quaternary nitrogens is 1. The number of carbonyl (C=O) groups is 3. The molecule has 0 radical (unpaired) electrons. The number of hydrogen-bond acceptors (Lipinski definition) is 4. The van der Waals surface area contributed by atoms with Gasteiger partial charge in [0.15, 0.2) is 12.6 Å². The number of hydrogen-bond donors (Lipinski definition) is 3. The summed E-state index contributed by atoms with van der Waals surface area (Å²) in [6.45, 7) is 3.08. The first kappa shape index (κ1) is 20.5. The summed E-state index contributed by atoms with van der Waals surface area (Å²) >= 11 is 0. The van der Waals surface area contributed by atoms with Crippen LogP contribution in [0.5, 0.6) is 0 Å². The summed E-state index contributed by atoms with van der Waals surface area (Å²) in [4.78, 5) is 37.8. The third-order valence-electron chi connectivity index (χ3n) is 5.07. The molecule has 0 aromatic heterocycles. The predicted molar refractivity (Wildman–Crippen MR) is 109 cm³/mol. The molecular formula is C22H26N3O4+. The third kappa shape index (κ3) is 5.00. The standard InChI is InChI=1S/C22H25N3O4/c1-3-23-21(27)16-9-6-10-18(11-16)24-20(26)14-25-13-17-8-5-4-7-15(17)12-19(25)22(28)29-2/h4-11,19H,3,12-14H2,1-2H3,(H,23,27)(H,24,26)/p+1/t19-/m0/s1. The lowest BCUT2D eigenvalue weighted by atomic mass is 9.94. The van der Waals surface area contributed by atoms with Gasteiger partial charge in [-0.25, -0.2) is 4.79 Å². The van der Waals surface area contributed by atoms with Gasteiger partial charge in [-0.1, -0.05) is 30.3 Å². The highest BCUT2D eigenvalue weighted by molar-refractivity contribution is 5.97. The molecule has 1 aliphatic rings. The van der Waals surface area contributed by atoms with Crippen molar-refractivity contribution in [3.8, 4) is 0 Å². The lowest BCUT2D eigenvalue weighted by molar-refractivity contribution is -0.924. The molecule has 0 bridgehead atoms. The second kappa shape index (κ2) is 9.34. The minimum absolute atomic E-state index is 0.124. The van der Waals surface area contributed by atoms with Gasteiger partial charge in [-0.15, -0.1) is 0 Å². The van der Waals surface area contributed by atoms with Gasteiger partial charge in [0.1, 0.15) is 6.54 Å². The second-order valence-electron chi connectivity index (χ2n) is 7.05. The Hall–Kier alpha value is -3.19. The largest absolute Gasteiger partial charge is 0.465 e. The van der Waals surface area contributed by atoms with E-state index >= 15 is 0 Å². The molecule has 0 fully saturated rings. The number of rotatable bonds is 6. The summed E-state index contributed by atoms with van der Waals surface area (Å²) in [7, 11) is 1.37. The highest BCUT2D eigenvalue weighted by Gasteiger charge is 2.37. The third-order valence-corrected chi connectivity index (χ3v) is 5.07. The maximum atomic E-state index is 12.7. The van der Waals surface area contributed by atoms with Crippen molar-refractivity contribution in [2.75, 3.05) is 25.5 Å². The van der Waals surface area contributed by atoms with Crippen LogP contribution in [0.3, 0.4) is 0 Å². The van der Waals surface area contributed by atoms with Gasteiger partial charge in [-0.2, -0.15) is 0 Å². The van der Waals surface area contributed by atoms with Crippen molar-refractivity contribution in [2.24, 2.45) is 0 Å². The number of esters is 1. The first-order valence-electron chi connectivity index (χ1n) is 9.69. The Labute approximate surface area is 170 Å². The molecule has 0 saturated heterocycles. The summed E-state index contributed by atoms with van der Waals surface area (Å²) in [6, 6.07) is 14.3. The van der Waals surface area contributed by atoms with Crippen LogP contribution in [0.25, 0.3) is 0 Å². The number of nitrogens with one attached hydrogen (secondary N) is 3. The van der Waals surface area contributed by atoms with E-state index < -0.39 is 6.04 Å². The molecular weight excluding hydrogens is 370 g/mol. The van der Waals surface area contributed by atoms with E-state index in [2.05, 4.69) is 10.6 Å². The molecule has 2 aromatic rings. The van der Waals surface area contributed by atoms with E-state index in [1.165, 1.54) is 7.11 Å². The van der Waals surface area contributed by atoms with Crippen LogP contribution in [0, 0.1) is 0 Å². The number of benzene rings is 2. The fraction of sp³-hybridized carbons (Fsp3) is 0.318. The average Bonchev–Trinajstić information content (AvgIpc) is 2.73. The van der Waals surface area contributed by atoms with Crippen molar-refractivity contribution in [1.82, 2.24) is 5.32 Å². The molecule has 7 heteroatoms. The fourth-order valence-electron chi connectivity index (χ4n) is 3.65. The van der Waals surface area contributed by atoms with E-state index in [1.807, 2.05) is 31.2 Å². The maximum Gasteiger partial charge on any atom is 0.365 e. The predicted octanol–water partition coefficient (Wildman–Crippen LogP) is 0.558. The van der Waals surface area contributed by atoms with Gasteiger partial charge in [0.05, 0.1) is 7.11 Å². The Kier molecular flexibility index (Phi) is 6.61. The molecule has 0 saturated carbocycles. The zero-order valence-electron chi connectivity index (χ0n) is 16.7. The van der Waals surface area contributed by atoms with Crippen molar-refractivity contribution in [1.29, 1.82) is 0 Å². The zero-order valence-corrected chi connectivity index (χ0v) is 16.7. The number of anilines is 1. The molecule has 1 heterocycles. The van der Waals surface area contributed by atoms with Gasteiger partial charge in [0, 0.05) is 29.8 Å². The van der Waals surface area contributed by atoms with E-state index in [9.17, 15) is 14.4 Å². The molecule has 3 rings (SSSR count). The van der Waals surface area contributed by atoms with E-state index in [1.54, 1.807) is 24.3 Å². The van der Waals surface area contributed by atoms with Crippen LogP contribution in [0.4, 0.5) is 5.69 Å². The fourth-order valence-corrected chi connectivity index (χ4v) is 3.65. The first-order valence-corrected chi connectivity index (χ1v) is 9.69. The SMILES string of the molecule is CCNC(=O)c1cccc(NC(=O)C[NH+]2Cc3ccccc3C[C@H]2C(=O)OC)c1. The molecule has 0 spiro atoms. The summed E-state index contributed by atoms with van der Waals surface area (Å²) in [6.07, 6.45) is 0.540. The number of methoxy groups -OCH3 is 1. The van der Waals surface area contributed by atoms with Crippen LogP contribution in [-0.4, -0.2) is 44.0 Å². The van der Waals surface area contributed by atoms with Crippen molar-refractivity contribution in [2.45, 2.75) is 25.9 Å². The van der Waals surface area contributed by atoms with Crippen molar-refractivity contribution >= 4 is 23.5 Å². The lowest BCUT2D eigenvalue weighted by Gasteiger charge is -2.31. The average molecular weight is 396 g/mol. The van der Waals surface area contributed by atoms with Crippen LogP contribution in [0.15, 0.2) is 48.5 Å². The highest BCUT2D eigenvalue weighted by atomic mass is 16.5. The van der Waals surface area contributed by atoms with Gasteiger partial charge in [-0.05, 0) is 30.7 Å². The van der Waals surface area contributed by atoms with E-state index in [0.29, 0.717) is 30.8 Å². The summed E-state index contributed by atoms with van der Waals surface area (Å²) < 4.78 is 4.96. The summed E-state index contributed by atoms with van der Waals surface area (Å²) in [5, 5.41) is 5.57. The van der Waals surface area contributed by atoms with Crippen LogP contribution in [-0.2, 0) is 27.3 Å². The molecule has 2 amide bonds. The maximum absolute atomic E-state index is 12.7. The van der Waals surface area contributed by atoms with Gasteiger partial charge >= 0.3 is 5.97 Å². The van der Waals surface area contributed by atoms with Crippen LogP contribution in [0.1, 0.15) is 28.4 Å². The Morgan fingerprint density at radius 1 is 1.10 bits per heavy atom. The van der Waals surface area contributed by atoms with E-state index in [0.717, 1.165) is 16.0 Å². The van der Waals surface area contributed by atoms with Gasteiger partial charge in [0.2, 0.25) is 0 Å². The molecule has 0 aliphatic carbocycles. The molecule has 1 unspecified atom stereocenters. The number of carbonyl (C=O) groups excluding carboxylic acids is 3. The molecule has 7 nitrogen and oxygen atoms in total. The molecule has 2 atom stereocenters. The van der Waals surface area contributed by atoms with Crippen LogP contribution >= 0.6 is 0 Å². The Bertz CT molecular complexity index is 912. The monoisotopic (exact) mass is 396 g/mol. The molecule has 2 aromatic carbocycles. The van der Waals surface area contributed by atoms with E-state index in [-0.39, 0.29) is 24.3 Å². The van der Waals surface area contributed by atoms with Gasteiger partial charge in [-0.3, -0.25) is 9.59 Å². The Morgan fingerprint density at radius 2 is 1.86 bits per heavy atom. The smallest absolute Gasteiger partial charge is 0.365 e. The van der Waals surface area contributed by atoms with Crippen LogP contribution < -0.4 is 15.5 Å². The second-order valence-corrected chi connectivity index (χ2v) is 7.05. The highest BCUT2D eigenvalue weighted by Crippen LogP contribution is 2.15. The normalized spacial score (nSPS) is 17.7. The van der Waals surface area contributed by atoms with Crippen LogP contribution in [0.2, 0.25) is 0 Å². The van der Waals surface area contributed by atoms with Crippen molar-refractivity contribution in [3.63, 3.8) is 0 Å². The Morgan fingerprint density at radius 3 is 2.59 bits per heavy atom. The molecule has 3 N–H and O–H groups in total. The number of fused-ring (bicyclic) bond motifs is 1. The lowest BCUT2D eigenvalue weighted by Crippen LogP contribution is -3.17. The quantitative estimate of drug-likeness (QED) is 0.623. The summed E-state index contributed by atoms with van der Waals surface area (Å²) in [5.41, 5.74) is 3.27. The zero-order chi connectivity index (χ0) is 20.8. The number of ether oxygens (including phenoxy) is 1.